The normalized spacial score (nSPS) is 10.1. The second-order valence-corrected chi connectivity index (χ2v) is 5.96. The summed E-state index contributed by atoms with van der Waals surface area (Å²) >= 11 is 5.91. The summed E-state index contributed by atoms with van der Waals surface area (Å²) in [5, 5.41) is 5.93. The first-order valence-corrected chi connectivity index (χ1v) is 8.43. The molecule has 7 heteroatoms. The number of para-hydroxylation sites is 2. The Balaban J connectivity index is 1.76. The molecule has 27 heavy (non-hydrogen) atoms. The molecule has 0 saturated carbocycles. The van der Waals surface area contributed by atoms with Crippen molar-refractivity contribution in [1.82, 2.24) is 4.98 Å². The number of anilines is 2. The first-order valence-electron chi connectivity index (χ1n) is 8.05. The van der Waals surface area contributed by atoms with E-state index in [0.29, 0.717) is 22.1 Å². The lowest BCUT2D eigenvalue weighted by molar-refractivity contribution is 0.101. The molecule has 1 heterocycles. The van der Waals surface area contributed by atoms with Gasteiger partial charge in [0.2, 0.25) is 0 Å². The highest BCUT2D eigenvalue weighted by atomic mass is 35.5. The van der Waals surface area contributed by atoms with Crippen molar-refractivity contribution in [3.05, 3.63) is 83.1 Å². The van der Waals surface area contributed by atoms with Crippen LogP contribution >= 0.6 is 11.6 Å². The first kappa shape index (κ1) is 18.4. The Morgan fingerprint density at radius 3 is 2.26 bits per heavy atom. The van der Waals surface area contributed by atoms with Gasteiger partial charge in [0.1, 0.15) is 17.1 Å². The second-order valence-electron chi connectivity index (χ2n) is 5.53. The zero-order valence-corrected chi connectivity index (χ0v) is 15.2. The Morgan fingerprint density at radius 2 is 1.56 bits per heavy atom. The van der Waals surface area contributed by atoms with Gasteiger partial charge >= 0.3 is 0 Å². The molecule has 0 spiro atoms. The maximum Gasteiger partial charge on any atom is 0.274 e. The number of aromatic nitrogens is 1. The molecule has 2 aromatic carbocycles. The molecule has 1 aromatic heterocycles. The molecule has 0 aliphatic rings. The van der Waals surface area contributed by atoms with Crippen LogP contribution in [0.1, 0.15) is 21.0 Å². The fourth-order valence-electron chi connectivity index (χ4n) is 2.38. The molecule has 2 N–H and O–H groups in total. The predicted octanol–water partition coefficient (Wildman–Crippen LogP) is 4.25. The Kier molecular flexibility index (Phi) is 5.68. The minimum absolute atomic E-state index is 0.111. The van der Waals surface area contributed by atoms with E-state index in [1.807, 2.05) is 0 Å². The lowest BCUT2D eigenvalue weighted by Crippen LogP contribution is -2.18. The van der Waals surface area contributed by atoms with E-state index in [2.05, 4.69) is 15.6 Å². The van der Waals surface area contributed by atoms with Gasteiger partial charge in [-0.25, -0.2) is 4.98 Å². The SMILES string of the molecule is COc1ccccc1NC(=O)c1cccc(C(=O)Nc2cccc(Cl)c2)n1. The van der Waals surface area contributed by atoms with E-state index in [9.17, 15) is 9.59 Å². The molecule has 2 amide bonds. The van der Waals surface area contributed by atoms with Crippen LogP contribution in [0, 0.1) is 0 Å². The Hall–Kier alpha value is -3.38. The highest BCUT2D eigenvalue weighted by molar-refractivity contribution is 6.31. The number of nitrogens with zero attached hydrogens (tertiary/aromatic N) is 1. The number of hydrogen-bond acceptors (Lipinski definition) is 4. The average Bonchev–Trinajstić information content (AvgIpc) is 2.68. The summed E-state index contributed by atoms with van der Waals surface area (Å²) in [5.41, 5.74) is 1.28. The fraction of sp³-hybridized carbons (Fsp3) is 0.0500. The van der Waals surface area contributed by atoms with Gasteiger partial charge < -0.3 is 15.4 Å². The van der Waals surface area contributed by atoms with E-state index in [-0.39, 0.29) is 11.4 Å². The molecule has 3 aromatic rings. The third-order valence-electron chi connectivity index (χ3n) is 3.65. The molecule has 6 nitrogen and oxygen atoms in total. The van der Waals surface area contributed by atoms with Gasteiger partial charge in [0.15, 0.2) is 0 Å². The van der Waals surface area contributed by atoms with Crippen molar-refractivity contribution >= 4 is 34.8 Å². The number of carbonyl (C=O) groups excluding carboxylic acids is 2. The van der Waals surface area contributed by atoms with Gasteiger partial charge in [-0.2, -0.15) is 0 Å². The predicted molar refractivity (Wildman–Crippen MR) is 105 cm³/mol. The number of rotatable bonds is 5. The number of nitrogens with one attached hydrogen (secondary N) is 2. The molecule has 0 unspecified atom stereocenters. The van der Waals surface area contributed by atoms with Crippen LogP contribution in [0.3, 0.4) is 0 Å². The third kappa shape index (κ3) is 4.62. The Morgan fingerprint density at radius 1 is 0.889 bits per heavy atom. The van der Waals surface area contributed by atoms with E-state index in [1.54, 1.807) is 54.6 Å². The van der Waals surface area contributed by atoms with Crippen molar-refractivity contribution in [2.75, 3.05) is 17.7 Å². The highest BCUT2D eigenvalue weighted by Crippen LogP contribution is 2.23. The molecule has 3 rings (SSSR count). The van der Waals surface area contributed by atoms with Crippen molar-refractivity contribution in [2.45, 2.75) is 0 Å². The molecule has 0 fully saturated rings. The molecule has 0 aliphatic heterocycles. The minimum atomic E-state index is -0.447. The summed E-state index contributed by atoms with van der Waals surface area (Å²) in [7, 11) is 1.52. The van der Waals surface area contributed by atoms with E-state index in [4.69, 9.17) is 16.3 Å². The summed E-state index contributed by atoms with van der Waals surface area (Å²) in [5.74, 6) is -0.359. The number of ether oxygens (including phenoxy) is 1. The number of halogens is 1. The van der Waals surface area contributed by atoms with Gasteiger partial charge in [0.25, 0.3) is 11.8 Å². The topological polar surface area (TPSA) is 80.3 Å². The zero-order valence-electron chi connectivity index (χ0n) is 14.4. The lowest BCUT2D eigenvalue weighted by atomic mass is 10.2. The zero-order chi connectivity index (χ0) is 19.2. The monoisotopic (exact) mass is 381 g/mol. The highest BCUT2D eigenvalue weighted by Gasteiger charge is 2.14. The maximum atomic E-state index is 12.5. The van der Waals surface area contributed by atoms with Gasteiger partial charge in [-0.1, -0.05) is 35.9 Å². The molecule has 136 valence electrons. The standard InChI is InChI=1S/C20H16ClN3O3/c1-27-18-11-3-2-8-15(18)24-20(26)17-10-5-9-16(23-17)19(25)22-14-7-4-6-13(21)12-14/h2-12H,1H3,(H,22,25)(H,24,26). The van der Waals surface area contributed by atoms with Crippen LogP contribution < -0.4 is 15.4 Å². The minimum Gasteiger partial charge on any atom is -0.495 e. The van der Waals surface area contributed by atoms with Crippen molar-refractivity contribution < 1.29 is 14.3 Å². The van der Waals surface area contributed by atoms with E-state index < -0.39 is 11.8 Å². The van der Waals surface area contributed by atoms with Crippen LogP contribution in [0.2, 0.25) is 5.02 Å². The molecule has 0 bridgehead atoms. The molecular weight excluding hydrogens is 366 g/mol. The number of methoxy groups -OCH3 is 1. The van der Waals surface area contributed by atoms with Crippen LogP contribution in [0.25, 0.3) is 0 Å². The number of pyridine rings is 1. The fourth-order valence-corrected chi connectivity index (χ4v) is 2.57. The summed E-state index contributed by atoms with van der Waals surface area (Å²) in [6.07, 6.45) is 0. The second kappa shape index (κ2) is 8.33. The molecule has 0 radical (unpaired) electrons. The van der Waals surface area contributed by atoms with Gasteiger partial charge in [-0.15, -0.1) is 0 Å². The number of benzene rings is 2. The van der Waals surface area contributed by atoms with E-state index in [0.717, 1.165) is 0 Å². The summed E-state index contributed by atoms with van der Waals surface area (Å²) in [6.45, 7) is 0. The van der Waals surface area contributed by atoms with Crippen LogP contribution in [0.5, 0.6) is 5.75 Å². The molecule has 0 atom stereocenters. The van der Waals surface area contributed by atoms with Crippen molar-refractivity contribution in [3.8, 4) is 5.75 Å². The van der Waals surface area contributed by atoms with Gasteiger partial charge in [-0.05, 0) is 42.5 Å². The average molecular weight is 382 g/mol. The number of amides is 2. The van der Waals surface area contributed by atoms with E-state index >= 15 is 0 Å². The number of carbonyl (C=O) groups is 2. The first-order chi connectivity index (χ1) is 13.1. The molecule has 0 aliphatic carbocycles. The van der Waals surface area contributed by atoms with Crippen LogP contribution in [0.15, 0.2) is 66.7 Å². The van der Waals surface area contributed by atoms with E-state index in [1.165, 1.54) is 19.2 Å². The van der Waals surface area contributed by atoms with Crippen LogP contribution in [0.4, 0.5) is 11.4 Å². The summed E-state index contributed by atoms with van der Waals surface area (Å²) in [4.78, 5) is 29.0. The van der Waals surface area contributed by atoms with Crippen molar-refractivity contribution in [1.29, 1.82) is 0 Å². The lowest BCUT2D eigenvalue weighted by Gasteiger charge is -2.10. The number of hydrogen-bond donors (Lipinski definition) is 2. The smallest absolute Gasteiger partial charge is 0.274 e. The van der Waals surface area contributed by atoms with Crippen LogP contribution in [-0.4, -0.2) is 23.9 Å². The third-order valence-corrected chi connectivity index (χ3v) is 3.89. The summed E-state index contributed by atoms with van der Waals surface area (Å²) in [6, 6.07) is 18.4. The van der Waals surface area contributed by atoms with Crippen LogP contribution in [-0.2, 0) is 0 Å². The van der Waals surface area contributed by atoms with Crippen molar-refractivity contribution in [2.24, 2.45) is 0 Å². The van der Waals surface area contributed by atoms with Gasteiger partial charge in [0, 0.05) is 10.7 Å². The molecular formula is C20H16ClN3O3. The quantitative estimate of drug-likeness (QED) is 0.692. The Labute approximate surface area is 161 Å². The van der Waals surface area contributed by atoms with Gasteiger partial charge in [0.05, 0.1) is 12.8 Å². The van der Waals surface area contributed by atoms with Crippen molar-refractivity contribution in [3.63, 3.8) is 0 Å². The summed E-state index contributed by atoms with van der Waals surface area (Å²) < 4.78 is 5.21. The largest absolute Gasteiger partial charge is 0.495 e. The molecule has 0 saturated heterocycles. The Bertz CT molecular complexity index is 991. The maximum absolute atomic E-state index is 12.5. The van der Waals surface area contributed by atoms with Gasteiger partial charge in [-0.3, -0.25) is 9.59 Å².